The van der Waals surface area contributed by atoms with E-state index in [4.69, 9.17) is 0 Å². The van der Waals surface area contributed by atoms with Crippen LogP contribution in [-0.2, 0) is 12.7 Å². The molecule has 0 saturated carbocycles. The second kappa shape index (κ2) is 9.30. The van der Waals surface area contributed by atoms with Gasteiger partial charge in [0.25, 0.3) is 5.91 Å². The van der Waals surface area contributed by atoms with E-state index < -0.39 is 29.3 Å². The van der Waals surface area contributed by atoms with E-state index in [9.17, 15) is 22.4 Å². The number of carbonyl (C=O) groups excluding carboxylic acids is 1. The Morgan fingerprint density at radius 1 is 1.00 bits per heavy atom. The first kappa shape index (κ1) is 22.9. The van der Waals surface area contributed by atoms with Crippen LogP contribution in [0.5, 0.6) is 0 Å². The smallest absolute Gasteiger partial charge is 0.336 e. The highest BCUT2D eigenvalue weighted by molar-refractivity contribution is 5.93. The Balaban J connectivity index is 1.54. The fraction of sp³-hybridized carbons (Fsp3) is 0.348. The van der Waals surface area contributed by atoms with Crippen LogP contribution >= 0.6 is 0 Å². The molecule has 10 heteroatoms. The summed E-state index contributed by atoms with van der Waals surface area (Å²) in [4.78, 5) is 16.7. The van der Waals surface area contributed by atoms with E-state index in [1.807, 2.05) is 31.2 Å². The summed E-state index contributed by atoms with van der Waals surface area (Å²) in [5.41, 5.74) is 0.302. The summed E-state index contributed by atoms with van der Waals surface area (Å²) in [6.07, 6.45) is -4.24. The van der Waals surface area contributed by atoms with Crippen molar-refractivity contribution in [2.45, 2.75) is 26.1 Å². The van der Waals surface area contributed by atoms with Gasteiger partial charge in [-0.3, -0.25) is 9.69 Å². The Kier molecular flexibility index (Phi) is 6.46. The molecule has 0 bridgehead atoms. The fourth-order valence-electron chi connectivity index (χ4n) is 3.95. The molecule has 2 heterocycles. The molecule has 1 amide bonds. The van der Waals surface area contributed by atoms with E-state index >= 15 is 0 Å². The monoisotopic (exact) mass is 461 g/mol. The van der Waals surface area contributed by atoms with Gasteiger partial charge in [0.05, 0.1) is 5.69 Å². The summed E-state index contributed by atoms with van der Waals surface area (Å²) < 4.78 is 55.5. The highest BCUT2D eigenvalue weighted by Crippen LogP contribution is 2.33. The molecular weight excluding hydrogens is 438 g/mol. The molecule has 0 unspecified atom stereocenters. The first-order chi connectivity index (χ1) is 15.7. The van der Waals surface area contributed by atoms with Crippen molar-refractivity contribution in [3.05, 3.63) is 76.9 Å². The Labute approximate surface area is 188 Å². The molecule has 33 heavy (non-hydrogen) atoms. The summed E-state index contributed by atoms with van der Waals surface area (Å²) in [5, 5.41) is 7.15. The minimum absolute atomic E-state index is 0.0319. The van der Waals surface area contributed by atoms with Crippen molar-refractivity contribution in [3.8, 4) is 5.69 Å². The third-order valence-corrected chi connectivity index (χ3v) is 5.74. The Hall–Kier alpha value is -3.27. The summed E-state index contributed by atoms with van der Waals surface area (Å²) >= 11 is 0. The minimum Gasteiger partial charge on any atom is -0.336 e. The van der Waals surface area contributed by atoms with Crippen LogP contribution in [0, 0.1) is 12.7 Å². The number of nitrogens with zero attached hydrogens (tertiary/aromatic N) is 5. The van der Waals surface area contributed by atoms with Crippen LogP contribution in [0.3, 0.4) is 0 Å². The van der Waals surface area contributed by atoms with Crippen LogP contribution < -0.4 is 0 Å². The van der Waals surface area contributed by atoms with E-state index in [0.717, 1.165) is 30.8 Å². The number of aromatic nitrogens is 3. The lowest BCUT2D eigenvalue weighted by atomic mass is 10.1. The number of alkyl halides is 3. The van der Waals surface area contributed by atoms with Crippen molar-refractivity contribution in [1.29, 1.82) is 0 Å². The van der Waals surface area contributed by atoms with Crippen LogP contribution in [0.2, 0.25) is 0 Å². The number of hydrogen-bond donors (Lipinski definition) is 0. The zero-order valence-electron chi connectivity index (χ0n) is 18.0. The lowest BCUT2D eigenvalue weighted by molar-refractivity contribution is -0.143. The van der Waals surface area contributed by atoms with Crippen LogP contribution in [-0.4, -0.2) is 56.9 Å². The van der Waals surface area contributed by atoms with Gasteiger partial charge in [0.15, 0.2) is 11.4 Å². The molecule has 1 aliphatic rings. The maximum absolute atomic E-state index is 13.9. The van der Waals surface area contributed by atoms with Gasteiger partial charge in [0, 0.05) is 32.7 Å². The number of aryl methyl sites for hydroxylation is 1. The maximum atomic E-state index is 13.9. The molecule has 6 nitrogen and oxygen atoms in total. The number of carbonyl (C=O) groups is 1. The minimum atomic E-state index is -4.87. The largest absolute Gasteiger partial charge is 0.435 e. The van der Waals surface area contributed by atoms with Gasteiger partial charge in [-0.15, -0.1) is 5.10 Å². The standard InChI is InChI=1S/C23H23F4N5O/c1-16-5-2-3-6-17(16)15-30-11-4-12-31(14-13-30)22(33)20-21(23(25,26)27)32(29-28-20)19-9-7-18(24)8-10-19/h2-3,5-10H,4,11-15H2,1H3. The molecule has 0 aliphatic carbocycles. The van der Waals surface area contributed by atoms with Crippen molar-refractivity contribution in [1.82, 2.24) is 24.8 Å². The summed E-state index contributed by atoms with van der Waals surface area (Å²) in [6.45, 7) is 4.62. The third kappa shape index (κ3) is 5.05. The number of amides is 1. The third-order valence-electron chi connectivity index (χ3n) is 5.74. The number of hydrogen-bond acceptors (Lipinski definition) is 4. The predicted octanol–water partition coefficient (Wildman–Crippen LogP) is 4.08. The zero-order chi connectivity index (χ0) is 23.6. The molecule has 2 aromatic carbocycles. The molecule has 0 spiro atoms. The molecule has 0 N–H and O–H groups in total. The summed E-state index contributed by atoms with van der Waals surface area (Å²) in [5.74, 6) is -1.41. The molecule has 174 valence electrons. The molecule has 0 atom stereocenters. The second-order valence-electron chi connectivity index (χ2n) is 8.02. The first-order valence-corrected chi connectivity index (χ1v) is 10.6. The number of halogens is 4. The van der Waals surface area contributed by atoms with Crippen LogP contribution in [0.15, 0.2) is 48.5 Å². The van der Waals surface area contributed by atoms with Gasteiger partial charge in [-0.2, -0.15) is 13.2 Å². The molecule has 1 aliphatic heterocycles. The van der Waals surface area contributed by atoms with E-state index in [2.05, 4.69) is 15.2 Å². The lowest BCUT2D eigenvalue weighted by Crippen LogP contribution is -2.36. The van der Waals surface area contributed by atoms with Crippen molar-refractivity contribution >= 4 is 5.91 Å². The average molecular weight is 461 g/mol. The molecular formula is C23H23F4N5O. The van der Waals surface area contributed by atoms with Crippen molar-refractivity contribution in [2.75, 3.05) is 26.2 Å². The van der Waals surface area contributed by atoms with Gasteiger partial charge in [-0.05, 0) is 48.7 Å². The lowest BCUT2D eigenvalue weighted by Gasteiger charge is -2.22. The number of rotatable bonds is 4. The molecule has 1 aromatic heterocycles. The maximum Gasteiger partial charge on any atom is 0.435 e. The first-order valence-electron chi connectivity index (χ1n) is 10.6. The van der Waals surface area contributed by atoms with Crippen LogP contribution in [0.1, 0.15) is 33.7 Å². The van der Waals surface area contributed by atoms with E-state index in [0.29, 0.717) is 30.7 Å². The molecule has 4 rings (SSSR count). The van der Waals surface area contributed by atoms with Gasteiger partial charge in [0.2, 0.25) is 0 Å². The molecule has 1 fully saturated rings. The topological polar surface area (TPSA) is 54.3 Å². The van der Waals surface area contributed by atoms with E-state index in [-0.39, 0.29) is 12.2 Å². The zero-order valence-corrected chi connectivity index (χ0v) is 18.0. The SMILES string of the molecule is Cc1ccccc1CN1CCCN(C(=O)c2nnn(-c3ccc(F)cc3)c2C(F)(F)F)CC1. The summed E-state index contributed by atoms with van der Waals surface area (Å²) in [6, 6.07) is 12.4. The van der Waals surface area contributed by atoms with E-state index in [1.165, 1.54) is 16.0 Å². The normalized spacial score (nSPS) is 15.5. The Bertz CT molecular complexity index is 1130. The van der Waals surface area contributed by atoms with Gasteiger partial charge < -0.3 is 4.90 Å². The van der Waals surface area contributed by atoms with Gasteiger partial charge in [0.1, 0.15) is 5.82 Å². The second-order valence-corrected chi connectivity index (χ2v) is 8.02. The van der Waals surface area contributed by atoms with Gasteiger partial charge in [-0.25, -0.2) is 9.07 Å². The van der Waals surface area contributed by atoms with E-state index in [1.54, 1.807) is 0 Å². The molecule has 1 saturated heterocycles. The number of benzene rings is 2. The van der Waals surface area contributed by atoms with Crippen molar-refractivity contribution in [3.63, 3.8) is 0 Å². The van der Waals surface area contributed by atoms with Crippen LogP contribution in [0.25, 0.3) is 5.69 Å². The highest BCUT2D eigenvalue weighted by Gasteiger charge is 2.43. The average Bonchev–Trinajstić information content (AvgIpc) is 3.10. The Morgan fingerprint density at radius 2 is 1.73 bits per heavy atom. The quantitative estimate of drug-likeness (QED) is 0.550. The Morgan fingerprint density at radius 3 is 2.42 bits per heavy atom. The van der Waals surface area contributed by atoms with Gasteiger partial charge >= 0.3 is 6.18 Å². The summed E-state index contributed by atoms with van der Waals surface area (Å²) in [7, 11) is 0. The molecule has 3 aromatic rings. The highest BCUT2D eigenvalue weighted by atomic mass is 19.4. The fourth-order valence-corrected chi connectivity index (χ4v) is 3.95. The van der Waals surface area contributed by atoms with Crippen molar-refractivity contribution in [2.24, 2.45) is 0 Å². The molecule has 0 radical (unpaired) electrons. The van der Waals surface area contributed by atoms with Crippen molar-refractivity contribution < 1.29 is 22.4 Å². The van der Waals surface area contributed by atoms with Gasteiger partial charge in [-0.1, -0.05) is 29.5 Å². The predicted molar refractivity (Wildman–Crippen MR) is 113 cm³/mol. The van der Waals surface area contributed by atoms with Crippen LogP contribution in [0.4, 0.5) is 17.6 Å².